The summed E-state index contributed by atoms with van der Waals surface area (Å²) in [5.74, 6) is -1.42. The lowest BCUT2D eigenvalue weighted by Gasteiger charge is -2.11. The Bertz CT molecular complexity index is 193. The molecule has 5 heteroatoms. The summed E-state index contributed by atoms with van der Waals surface area (Å²) in [5.41, 5.74) is -1.48. The van der Waals surface area contributed by atoms with E-state index in [0.29, 0.717) is 0 Å². The zero-order valence-electron chi connectivity index (χ0n) is 6.73. The van der Waals surface area contributed by atoms with Crippen molar-refractivity contribution in [2.24, 2.45) is 0 Å². The summed E-state index contributed by atoms with van der Waals surface area (Å²) in [4.78, 5) is 10.6. The standard InChI is InChI=1S/C7H9F3O2/c1-4(2)12-6(11)5(3)7(8,9)10/h4H,3H2,1-2H3. The molecule has 0 aromatic carbocycles. The van der Waals surface area contributed by atoms with Crippen molar-refractivity contribution in [3.05, 3.63) is 12.2 Å². The molecule has 70 valence electrons. The maximum absolute atomic E-state index is 11.7. The van der Waals surface area contributed by atoms with E-state index in [-0.39, 0.29) is 0 Å². The molecular formula is C7H9F3O2. The second-order valence-electron chi connectivity index (χ2n) is 2.43. The van der Waals surface area contributed by atoms with E-state index in [9.17, 15) is 18.0 Å². The van der Waals surface area contributed by atoms with Crippen LogP contribution in [0.2, 0.25) is 0 Å². The monoisotopic (exact) mass is 182 g/mol. The molecule has 12 heavy (non-hydrogen) atoms. The molecule has 0 fully saturated rings. The molecule has 2 nitrogen and oxygen atoms in total. The summed E-state index contributed by atoms with van der Waals surface area (Å²) < 4.78 is 39.5. The van der Waals surface area contributed by atoms with Crippen molar-refractivity contribution >= 4 is 5.97 Å². The third kappa shape index (κ3) is 3.41. The van der Waals surface area contributed by atoms with Crippen molar-refractivity contribution in [2.75, 3.05) is 0 Å². The van der Waals surface area contributed by atoms with Gasteiger partial charge in [-0.05, 0) is 13.8 Å². The first kappa shape index (κ1) is 11.0. The molecule has 0 aliphatic rings. The number of hydrogen-bond donors (Lipinski definition) is 0. The minimum absolute atomic E-state index is 0.573. The van der Waals surface area contributed by atoms with Crippen LogP contribution in [0.5, 0.6) is 0 Å². The van der Waals surface area contributed by atoms with Gasteiger partial charge in [-0.25, -0.2) is 4.79 Å². The lowest BCUT2D eigenvalue weighted by molar-refractivity contribution is -0.153. The van der Waals surface area contributed by atoms with E-state index in [1.165, 1.54) is 13.8 Å². The second-order valence-corrected chi connectivity index (χ2v) is 2.43. The number of halogens is 3. The van der Waals surface area contributed by atoms with Gasteiger partial charge in [-0.1, -0.05) is 6.58 Å². The first-order chi connectivity index (χ1) is 5.25. The highest BCUT2D eigenvalue weighted by Crippen LogP contribution is 2.24. The van der Waals surface area contributed by atoms with Crippen molar-refractivity contribution in [1.29, 1.82) is 0 Å². The summed E-state index contributed by atoms with van der Waals surface area (Å²) in [6, 6.07) is 0. The van der Waals surface area contributed by atoms with E-state index in [0.717, 1.165) is 0 Å². The highest BCUT2D eigenvalue weighted by Gasteiger charge is 2.38. The van der Waals surface area contributed by atoms with Crippen LogP contribution in [0.25, 0.3) is 0 Å². The quantitative estimate of drug-likeness (QED) is 0.482. The highest BCUT2D eigenvalue weighted by atomic mass is 19.4. The molecule has 0 rings (SSSR count). The molecule has 0 aliphatic heterocycles. The molecule has 0 radical (unpaired) electrons. The van der Waals surface area contributed by atoms with Gasteiger partial charge in [0.25, 0.3) is 0 Å². The van der Waals surface area contributed by atoms with E-state index < -0.39 is 23.8 Å². The third-order valence-electron chi connectivity index (χ3n) is 0.931. The van der Waals surface area contributed by atoms with Gasteiger partial charge in [0.15, 0.2) is 0 Å². The average molecular weight is 182 g/mol. The molecule has 0 atom stereocenters. The Labute approximate surface area is 68.0 Å². The smallest absolute Gasteiger partial charge is 0.422 e. The maximum Gasteiger partial charge on any atom is 0.422 e. The van der Waals surface area contributed by atoms with Gasteiger partial charge in [-0.3, -0.25) is 0 Å². The molecular weight excluding hydrogens is 173 g/mol. The van der Waals surface area contributed by atoms with E-state index in [2.05, 4.69) is 11.3 Å². The second kappa shape index (κ2) is 3.60. The maximum atomic E-state index is 11.7. The fourth-order valence-electron chi connectivity index (χ4n) is 0.401. The summed E-state index contributed by atoms with van der Waals surface area (Å²) in [7, 11) is 0. The Balaban J connectivity index is 4.22. The minimum Gasteiger partial charge on any atom is -0.459 e. The fourth-order valence-corrected chi connectivity index (χ4v) is 0.401. The average Bonchev–Trinajstić information content (AvgIpc) is 1.82. The Morgan fingerprint density at radius 2 is 1.83 bits per heavy atom. The van der Waals surface area contributed by atoms with Crippen LogP contribution < -0.4 is 0 Å². The molecule has 0 amide bonds. The van der Waals surface area contributed by atoms with Crippen molar-refractivity contribution in [2.45, 2.75) is 26.1 Å². The van der Waals surface area contributed by atoms with Crippen LogP contribution in [0.3, 0.4) is 0 Å². The fraction of sp³-hybridized carbons (Fsp3) is 0.571. The number of ether oxygens (including phenoxy) is 1. The Morgan fingerprint density at radius 1 is 1.42 bits per heavy atom. The number of carbonyl (C=O) groups is 1. The summed E-state index contributed by atoms with van der Waals surface area (Å²) >= 11 is 0. The molecule has 0 saturated heterocycles. The van der Waals surface area contributed by atoms with E-state index >= 15 is 0 Å². The molecule has 0 saturated carbocycles. The van der Waals surface area contributed by atoms with Crippen molar-refractivity contribution in [1.82, 2.24) is 0 Å². The lowest BCUT2D eigenvalue weighted by Crippen LogP contribution is -2.23. The first-order valence-electron chi connectivity index (χ1n) is 3.22. The predicted octanol–water partition coefficient (Wildman–Crippen LogP) is 2.06. The number of hydrogen-bond acceptors (Lipinski definition) is 2. The van der Waals surface area contributed by atoms with Gasteiger partial charge in [0.1, 0.15) is 5.57 Å². The van der Waals surface area contributed by atoms with Gasteiger partial charge in [-0.2, -0.15) is 13.2 Å². The molecule has 0 N–H and O–H groups in total. The van der Waals surface area contributed by atoms with Crippen LogP contribution >= 0.6 is 0 Å². The predicted molar refractivity (Wildman–Crippen MR) is 36.4 cm³/mol. The van der Waals surface area contributed by atoms with E-state index in [1.807, 2.05) is 0 Å². The molecule has 0 aromatic heterocycles. The summed E-state index contributed by atoms with van der Waals surface area (Å²) in [5, 5.41) is 0. The normalized spacial score (nSPS) is 11.5. The number of alkyl halides is 3. The topological polar surface area (TPSA) is 26.3 Å². The van der Waals surface area contributed by atoms with Gasteiger partial charge >= 0.3 is 12.1 Å². The minimum atomic E-state index is -4.70. The molecule has 0 aromatic rings. The lowest BCUT2D eigenvalue weighted by atomic mass is 10.3. The van der Waals surface area contributed by atoms with Crippen LogP contribution in [0.4, 0.5) is 13.2 Å². The highest BCUT2D eigenvalue weighted by molar-refractivity contribution is 5.89. The van der Waals surface area contributed by atoms with Gasteiger partial charge in [0.05, 0.1) is 6.10 Å². The van der Waals surface area contributed by atoms with Gasteiger partial charge in [0, 0.05) is 0 Å². The summed E-state index contributed by atoms with van der Waals surface area (Å²) in [6.45, 7) is 5.50. The molecule has 0 heterocycles. The molecule has 0 bridgehead atoms. The molecule has 0 unspecified atom stereocenters. The van der Waals surface area contributed by atoms with Crippen LogP contribution in [-0.4, -0.2) is 18.2 Å². The Kier molecular flexibility index (Phi) is 3.30. The van der Waals surface area contributed by atoms with Gasteiger partial charge < -0.3 is 4.74 Å². The van der Waals surface area contributed by atoms with E-state index in [4.69, 9.17) is 0 Å². The van der Waals surface area contributed by atoms with Crippen molar-refractivity contribution in [3.8, 4) is 0 Å². The van der Waals surface area contributed by atoms with Crippen LogP contribution in [0.15, 0.2) is 12.2 Å². The Morgan fingerprint density at radius 3 is 2.08 bits per heavy atom. The van der Waals surface area contributed by atoms with Crippen molar-refractivity contribution in [3.63, 3.8) is 0 Å². The summed E-state index contributed by atoms with van der Waals surface area (Å²) in [6.07, 6.45) is -5.28. The third-order valence-corrected chi connectivity index (χ3v) is 0.931. The van der Waals surface area contributed by atoms with Crippen LogP contribution in [-0.2, 0) is 9.53 Å². The zero-order chi connectivity index (χ0) is 9.94. The van der Waals surface area contributed by atoms with E-state index in [1.54, 1.807) is 0 Å². The first-order valence-corrected chi connectivity index (χ1v) is 3.22. The van der Waals surface area contributed by atoms with Gasteiger partial charge in [-0.15, -0.1) is 0 Å². The van der Waals surface area contributed by atoms with Crippen LogP contribution in [0, 0.1) is 0 Å². The van der Waals surface area contributed by atoms with Gasteiger partial charge in [0.2, 0.25) is 0 Å². The largest absolute Gasteiger partial charge is 0.459 e. The molecule has 0 aliphatic carbocycles. The number of rotatable bonds is 2. The SMILES string of the molecule is C=C(C(=O)OC(C)C)C(F)(F)F. The number of carbonyl (C=O) groups excluding carboxylic acids is 1. The molecule has 0 spiro atoms. The Hall–Kier alpha value is -1.00. The van der Waals surface area contributed by atoms with Crippen molar-refractivity contribution < 1.29 is 22.7 Å². The zero-order valence-corrected chi connectivity index (χ0v) is 6.73. The number of esters is 1. The van der Waals surface area contributed by atoms with Crippen LogP contribution in [0.1, 0.15) is 13.8 Å².